The third-order valence-corrected chi connectivity index (χ3v) is 11.0. The molecule has 0 radical (unpaired) electrons. The Morgan fingerprint density at radius 3 is 2.57 bits per heavy atom. The lowest BCUT2D eigenvalue weighted by Crippen LogP contribution is -2.34. The Kier molecular flexibility index (Phi) is 8.29. The zero-order valence-electron chi connectivity index (χ0n) is 28.2. The van der Waals surface area contributed by atoms with E-state index in [0.29, 0.717) is 16.6 Å². The van der Waals surface area contributed by atoms with Gasteiger partial charge in [-0.15, -0.1) is 10.2 Å². The Labute approximate surface area is 306 Å². The van der Waals surface area contributed by atoms with E-state index < -0.39 is 0 Å². The minimum absolute atomic E-state index is 0.0946. The number of piperidine rings is 1. The van der Waals surface area contributed by atoms with Crippen molar-refractivity contribution in [3.05, 3.63) is 148 Å². The molecule has 8 nitrogen and oxygen atoms in total. The van der Waals surface area contributed by atoms with Crippen LogP contribution in [0, 0.1) is 5.92 Å². The van der Waals surface area contributed by atoms with Crippen LogP contribution in [0.15, 0.2) is 108 Å². The van der Waals surface area contributed by atoms with Gasteiger partial charge in [0.1, 0.15) is 0 Å². The zero-order chi connectivity index (χ0) is 34.5. The van der Waals surface area contributed by atoms with E-state index in [0.717, 1.165) is 66.5 Å². The van der Waals surface area contributed by atoms with Crippen molar-refractivity contribution in [2.45, 2.75) is 44.7 Å². The number of rotatable bonds is 7. The summed E-state index contributed by atoms with van der Waals surface area (Å²) in [6, 6.07) is 27.3. The predicted molar refractivity (Wildman–Crippen MR) is 205 cm³/mol. The van der Waals surface area contributed by atoms with E-state index in [9.17, 15) is 0 Å². The quantitative estimate of drug-likeness (QED) is 0.170. The van der Waals surface area contributed by atoms with Crippen LogP contribution in [0.1, 0.15) is 72.0 Å². The number of nitrogens with one attached hydrogen (secondary N) is 2. The second kappa shape index (κ2) is 13.2. The Balaban J connectivity index is 1.16. The molecule has 3 aromatic heterocycles. The number of hydrogen-bond acceptors (Lipinski definition) is 7. The molecule has 2 unspecified atom stereocenters. The number of nitrogens with zero attached hydrogens (tertiary/aromatic N) is 5. The van der Waals surface area contributed by atoms with Crippen molar-refractivity contribution in [1.82, 2.24) is 25.1 Å². The highest BCUT2D eigenvalue weighted by atomic mass is 35.5. The number of aromatic amines is 1. The van der Waals surface area contributed by atoms with Gasteiger partial charge in [0.2, 0.25) is 12.3 Å². The van der Waals surface area contributed by atoms with Gasteiger partial charge in [-0.05, 0) is 83.8 Å². The van der Waals surface area contributed by atoms with Crippen LogP contribution < -0.4 is 10.2 Å². The molecule has 0 amide bonds. The minimum Gasteiger partial charge on any atom is -0.428 e. The molecule has 6 aromatic rings. The van der Waals surface area contributed by atoms with Gasteiger partial charge in [0, 0.05) is 63.6 Å². The van der Waals surface area contributed by atoms with Gasteiger partial charge in [0.05, 0.1) is 24.0 Å². The molecule has 9 rings (SSSR count). The van der Waals surface area contributed by atoms with Crippen LogP contribution >= 0.6 is 23.2 Å². The number of fused-ring (bicyclic) bond motifs is 2. The summed E-state index contributed by atoms with van der Waals surface area (Å²) in [6.07, 6.45) is 10.7. The maximum Gasteiger partial charge on any atom is 0.219 e. The van der Waals surface area contributed by atoms with Gasteiger partial charge < -0.3 is 24.5 Å². The van der Waals surface area contributed by atoms with E-state index in [1.165, 1.54) is 39.7 Å². The SMILES string of the molecule is CC1CC=CN2C(=C1c1ccccc1)c1c(CNc3cccnc3N3CCC(c4nnco4)CC3)[nH]c3cc(Cl)cc(c13)C2c1ccc(Cl)cc1. The van der Waals surface area contributed by atoms with Gasteiger partial charge in [-0.3, -0.25) is 0 Å². The van der Waals surface area contributed by atoms with Gasteiger partial charge in [-0.1, -0.05) is 78.7 Å². The maximum atomic E-state index is 6.91. The zero-order valence-corrected chi connectivity index (χ0v) is 29.7. The lowest BCUT2D eigenvalue weighted by atomic mass is 9.82. The van der Waals surface area contributed by atoms with Gasteiger partial charge >= 0.3 is 0 Å². The Morgan fingerprint density at radius 2 is 1.78 bits per heavy atom. The molecule has 10 heteroatoms. The van der Waals surface area contributed by atoms with Crippen molar-refractivity contribution in [1.29, 1.82) is 0 Å². The van der Waals surface area contributed by atoms with Crippen LogP contribution in [-0.4, -0.2) is 38.2 Å². The van der Waals surface area contributed by atoms with E-state index >= 15 is 0 Å². The fourth-order valence-corrected chi connectivity index (χ4v) is 8.61. The highest BCUT2D eigenvalue weighted by molar-refractivity contribution is 6.31. The molecule has 0 spiro atoms. The van der Waals surface area contributed by atoms with Crippen molar-refractivity contribution in [3.8, 4) is 0 Å². The van der Waals surface area contributed by atoms with E-state index in [1.807, 2.05) is 24.4 Å². The van der Waals surface area contributed by atoms with Gasteiger partial charge in [-0.2, -0.15) is 0 Å². The lowest BCUT2D eigenvalue weighted by Gasteiger charge is -2.39. The molecule has 0 saturated carbocycles. The van der Waals surface area contributed by atoms with Gasteiger partial charge in [0.15, 0.2) is 5.82 Å². The summed E-state index contributed by atoms with van der Waals surface area (Å²) in [5, 5.41) is 14.5. The van der Waals surface area contributed by atoms with Crippen LogP contribution in [0.4, 0.5) is 11.5 Å². The van der Waals surface area contributed by atoms with E-state index in [4.69, 9.17) is 32.6 Å². The molecular formula is C41H37Cl2N7O. The number of allylic oxidation sites excluding steroid dienone is 2. The first kappa shape index (κ1) is 31.9. The summed E-state index contributed by atoms with van der Waals surface area (Å²) in [6.45, 7) is 4.62. The van der Waals surface area contributed by atoms with Gasteiger partial charge in [0.25, 0.3) is 0 Å². The lowest BCUT2D eigenvalue weighted by molar-refractivity contribution is 0.392. The highest BCUT2D eigenvalue weighted by Crippen LogP contribution is 2.53. The third kappa shape index (κ3) is 5.76. The van der Waals surface area contributed by atoms with Crippen molar-refractivity contribution in [2.75, 3.05) is 23.3 Å². The highest BCUT2D eigenvalue weighted by Gasteiger charge is 2.38. The van der Waals surface area contributed by atoms with Crippen molar-refractivity contribution >= 4 is 56.9 Å². The summed E-state index contributed by atoms with van der Waals surface area (Å²) < 4.78 is 5.52. The molecular weight excluding hydrogens is 677 g/mol. The van der Waals surface area contributed by atoms with E-state index in [-0.39, 0.29) is 17.9 Å². The molecule has 6 heterocycles. The fourth-order valence-electron chi connectivity index (χ4n) is 8.26. The average molecular weight is 715 g/mol. The van der Waals surface area contributed by atoms with E-state index in [2.05, 4.69) is 110 Å². The van der Waals surface area contributed by atoms with Crippen LogP contribution in [0.3, 0.4) is 0 Å². The number of aromatic nitrogens is 4. The molecule has 1 saturated heterocycles. The summed E-state index contributed by atoms with van der Waals surface area (Å²) >= 11 is 13.3. The maximum absolute atomic E-state index is 6.91. The Bertz CT molecular complexity index is 2260. The number of H-pyrrole nitrogens is 1. The summed E-state index contributed by atoms with van der Waals surface area (Å²) in [5.41, 5.74) is 10.4. The number of halogens is 2. The monoisotopic (exact) mass is 713 g/mol. The normalized spacial score (nSPS) is 19.0. The fraction of sp³-hybridized carbons (Fsp3) is 0.244. The predicted octanol–water partition coefficient (Wildman–Crippen LogP) is 10.1. The van der Waals surface area contributed by atoms with E-state index in [1.54, 1.807) is 0 Å². The molecule has 51 heavy (non-hydrogen) atoms. The second-order valence-electron chi connectivity index (χ2n) is 13.7. The molecule has 0 bridgehead atoms. The molecule has 256 valence electrons. The first-order valence-corrected chi connectivity index (χ1v) is 18.3. The van der Waals surface area contributed by atoms with Crippen LogP contribution in [0.2, 0.25) is 10.0 Å². The Morgan fingerprint density at radius 1 is 0.961 bits per heavy atom. The number of anilines is 2. The topological polar surface area (TPSA) is 86.1 Å². The van der Waals surface area contributed by atoms with Crippen LogP contribution in [0.5, 0.6) is 0 Å². The molecule has 2 atom stereocenters. The molecule has 1 fully saturated rings. The van der Waals surface area contributed by atoms with Crippen LogP contribution in [-0.2, 0) is 6.54 Å². The third-order valence-electron chi connectivity index (χ3n) is 10.6. The largest absolute Gasteiger partial charge is 0.428 e. The number of hydrogen-bond donors (Lipinski definition) is 2. The van der Waals surface area contributed by atoms with Crippen molar-refractivity contribution < 1.29 is 4.42 Å². The van der Waals surface area contributed by atoms with Gasteiger partial charge in [-0.25, -0.2) is 4.98 Å². The number of benzene rings is 3. The average Bonchev–Trinajstić information content (AvgIpc) is 3.79. The van der Waals surface area contributed by atoms with Crippen molar-refractivity contribution in [3.63, 3.8) is 0 Å². The Hall–Kier alpha value is -5.05. The second-order valence-corrected chi connectivity index (χ2v) is 14.5. The molecule has 2 N–H and O–H groups in total. The minimum atomic E-state index is -0.0946. The first-order valence-electron chi connectivity index (χ1n) is 17.6. The summed E-state index contributed by atoms with van der Waals surface area (Å²) in [5.74, 6) is 2.23. The smallest absolute Gasteiger partial charge is 0.219 e. The standard InChI is InChI=1S/C41H37Cl2N7O/c1-25-7-6-18-50-38(27-11-13-29(42)14-12-27)31-21-30(43)22-33-36(31)37(39(50)35(25)26-8-3-2-4-9-26)34(47-33)23-45-32-10-5-17-44-40(32)49-19-15-28(16-20-49)41-48-46-24-51-41/h2-6,8-14,17-18,21-22,24-25,28,38,45,47H,7,15-16,19-20,23H2,1H3. The molecule has 3 aliphatic heterocycles. The van der Waals surface area contributed by atoms with Crippen molar-refractivity contribution in [2.24, 2.45) is 5.92 Å². The number of pyridine rings is 1. The molecule has 0 aliphatic carbocycles. The molecule has 3 aromatic carbocycles. The summed E-state index contributed by atoms with van der Waals surface area (Å²) in [4.78, 5) is 13.5. The first-order chi connectivity index (χ1) is 25.0. The molecule has 3 aliphatic rings. The van der Waals surface area contributed by atoms with Crippen LogP contribution in [0.25, 0.3) is 22.2 Å². The summed E-state index contributed by atoms with van der Waals surface area (Å²) in [7, 11) is 0.